The average molecular weight is 1370 g/mol. The molecule has 0 atom stereocenters. The van der Waals surface area contributed by atoms with E-state index in [1.54, 1.807) is 0 Å². The number of aryl methyl sites for hydroxylation is 3. The molecule has 3 aromatic heterocycles. The molecule has 1 aliphatic rings. The van der Waals surface area contributed by atoms with E-state index in [9.17, 15) is 0 Å². The first-order valence-corrected chi connectivity index (χ1v) is 40.8. The molecule has 9 nitrogen and oxygen atoms in total. The molecular weight excluding hydrogens is 1250 g/mol. The standard InChI is InChI=1S/C89H122BClN6O3/c1-6-9-12-15-18-21-24-27-30-33-36-39-42-48-69-51-45-54-72(63-69)98-75-57-60-78-81(66-75)85-92-84(78)94-89-83-68-77(100-74-56-47-53-71(65-74)50-44-41-38-35-32-29-26-23-20-17-14-11-8-3)59-62-80(83)88(97(89)90(4)91)95-87-82-67-76(58-61-79(82)86(93-85)96(87)5)99-73-55-46-52-70(64-73)49-43-40-37-34-31-28-25-22-19-16-13-10-7-2/h45-47,51-68,92-93H,6-44,48-50H2,1-5H3. The van der Waals surface area contributed by atoms with E-state index in [-0.39, 0.29) is 0 Å². The Morgan fingerprint density at radius 1 is 0.350 bits per heavy atom. The van der Waals surface area contributed by atoms with Crippen molar-refractivity contribution in [1.82, 2.24) is 14.0 Å². The lowest BCUT2D eigenvalue weighted by Crippen LogP contribution is -2.35. The number of aromatic nitrogens is 3. The predicted octanol–water partition coefficient (Wildman–Crippen LogP) is 28.1. The predicted molar refractivity (Wildman–Crippen MR) is 429 cm³/mol. The zero-order chi connectivity index (χ0) is 69.4. The maximum absolute atomic E-state index is 7.44. The van der Waals surface area contributed by atoms with Gasteiger partial charge in [-0.25, -0.2) is 9.98 Å². The van der Waals surface area contributed by atoms with Crippen molar-refractivity contribution in [2.45, 2.75) is 297 Å². The molecule has 0 saturated heterocycles. The summed E-state index contributed by atoms with van der Waals surface area (Å²) in [7, 11) is 2.09. The van der Waals surface area contributed by atoms with Gasteiger partial charge in [-0.2, -0.15) is 11.5 Å². The number of rotatable bonds is 49. The van der Waals surface area contributed by atoms with Crippen LogP contribution < -0.4 is 30.5 Å². The highest BCUT2D eigenvalue weighted by molar-refractivity contribution is 7.05. The van der Waals surface area contributed by atoms with Crippen LogP contribution in [0, 0.1) is 0 Å². The number of unbranched alkanes of at least 4 members (excludes halogenated alkanes) is 36. The summed E-state index contributed by atoms with van der Waals surface area (Å²) in [6.45, 7) is 8.89. The van der Waals surface area contributed by atoms with Crippen LogP contribution in [0.3, 0.4) is 0 Å². The van der Waals surface area contributed by atoms with Gasteiger partial charge in [0.1, 0.15) is 68.7 Å². The summed E-state index contributed by atoms with van der Waals surface area (Å²) in [6.07, 6.45) is 55.3. The van der Waals surface area contributed by atoms with Crippen molar-refractivity contribution >= 4 is 73.3 Å². The largest absolute Gasteiger partial charge is 0.457 e. The van der Waals surface area contributed by atoms with E-state index in [1.165, 1.54) is 267 Å². The highest BCUT2D eigenvalue weighted by Crippen LogP contribution is 2.43. The Morgan fingerprint density at radius 2 is 0.680 bits per heavy atom. The van der Waals surface area contributed by atoms with Crippen molar-refractivity contribution in [3.8, 4) is 34.5 Å². The van der Waals surface area contributed by atoms with Gasteiger partial charge in [0.05, 0.1) is 0 Å². The third kappa shape index (κ3) is 23.1. The molecule has 9 aromatic rings. The monoisotopic (exact) mass is 1370 g/mol. The summed E-state index contributed by atoms with van der Waals surface area (Å²) in [4.78, 5) is 15.1. The molecule has 6 bridgehead atoms. The Hall–Kier alpha value is -6.91. The van der Waals surface area contributed by atoms with Crippen LogP contribution in [-0.2, 0) is 26.3 Å². The number of nitrogens with zero attached hydrogens (tertiary/aromatic N) is 4. The van der Waals surface area contributed by atoms with Crippen LogP contribution in [0.1, 0.15) is 288 Å². The summed E-state index contributed by atoms with van der Waals surface area (Å²) >= 11 is 7.44. The second-order valence-corrected chi connectivity index (χ2v) is 30.0. The molecule has 0 saturated carbocycles. The Balaban J connectivity index is 0.887. The zero-order valence-electron chi connectivity index (χ0n) is 62.3. The van der Waals surface area contributed by atoms with Crippen molar-refractivity contribution < 1.29 is 14.2 Å². The molecule has 0 unspecified atom stereocenters. The molecule has 4 heterocycles. The van der Waals surface area contributed by atoms with Crippen LogP contribution in [0.2, 0.25) is 6.82 Å². The number of hydrogen-bond donors (Lipinski definition) is 2. The molecule has 0 aliphatic carbocycles. The van der Waals surface area contributed by atoms with E-state index >= 15 is 0 Å². The number of fused-ring (bicyclic) bond motifs is 15. The molecule has 10 rings (SSSR count). The lowest BCUT2D eigenvalue weighted by molar-refractivity contribution is 0.482. The van der Waals surface area contributed by atoms with Gasteiger partial charge in [0.15, 0.2) is 0 Å². The van der Waals surface area contributed by atoms with Crippen LogP contribution in [0.15, 0.2) is 137 Å². The molecule has 0 spiro atoms. The van der Waals surface area contributed by atoms with Gasteiger partial charge in [-0.3, -0.25) is 0 Å². The topological polar surface area (TPSA) is 90.1 Å². The number of halogens is 1. The summed E-state index contributed by atoms with van der Waals surface area (Å²) < 4.78 is 24.6. The first-order chi connectivity index (χ1) is 49.3. The Labute approximate surface area is 607 Å². The summed E-state index contributed by atoms with van der Waals surface area (Å²) in [5, 5.41) is 9.49. The molecule has 0 fully saturated rings. The van der Waals surface area contributed by atoms with Gasteiger partial charge in [0.25, 0.3) is 0 Å². The van der Waals surface area contributed by atoms with E-state index in [4.69, 9.17) is 35.7 Å². The molecule has 100 heavy (non-hydrogen) atoms. The van der Waals surface area contributed by atoms with Gasteiger partial charge in [-0.05, 0) is 153 Å². The van der Waals surface area contributed by atoms with E-state index in [0.29, 0.717) is 22.5 Å². The zero-order valence-corrected chi connectivity index (χ0v) is 63.0. The van der Waals surface area contributed by atoms with Crippen molar-refractivity contribution in [3.05, 3.63) is 155 Å². The van der Waals surface area contributed by atoms with Gasteiger partial charge in [0, 0.05) is 39.4 Å². The highest BCUT2D eigenvalue weighted by atomic mass is 35.5. The minimum atomic E-state index is -0.532. The van der Waals surface area contributed by atoms with Gasteiger partial charge < -0.3 is 33.6 Å². The first kappa shape index (κ1) is 75.8. The Morgan fingerprint density at radius 3 is 1.07 bits per heavy atom. The fourth-order valence-electron chi connectivity index (χ4n) is 15.1. The number of hydrogen-bond acceptors (Lipinski definition) is 6. The molecule has 0 radical (unpaired) electrons. The van der Waals surface area contributed by atoms with E-state index in [1.807, 2.05) is 6.82 Å². The smallest absolute Gasteiger partial charge is 0.364 e. The Bertz CT molecular complexity index is 4030. The lowest BCUT2D eigenvalue weighted by atomic mass is 9.97. The van der Waals surface area contributed by atoms with E-state index < -0.39 is 6.26 Å². The van der Waals surface area contributed by atoms with Crippen molar-refractivity contribution in [2.24, 2.45) is 17.0 Å². The summed E-state index contributed by atoms with van der Waals surface area (Å²) in [5.74, 6) is 7.78. The minimum Gasteiger partial charge on any atom is -0.457 e. The van der Waals surface area contributed by atoms with Crippen LogP contribution in [0.5, 0.6) is 34.5 Å². The number of anilines is 2. The quantitative estimate of drug-likeness (QED) is 0.0294. The van der Waals surface area contributed by atoms with E-state index in [0.717, 1.165) is 97.8 Å². The lowest BCUT2D eigenvalue weighted by Gasteiger charge is -2.11. The number of nitrogens with one attached hydrogen (secondary N) is 2. The first-order valence-electron chi connectivity index (χ1n) is 40.4. The molecular formula is C89H122BClN6O3. The average Bonchev–Trinajstić information content (AvgIpc) is 1.58. The molecule has 2 N–H and O–H groups in total. The van der Waals surface area contributed by atoms with Gasteiger partial charge in [-0.15, -0.1) is 0 Å². The maximum atomic E-state index is 7.44. The van der Waals surface area contributed by atoms with Gasteiger partial charge >= 0.3 is 6.26 Å². The highest BCUT2D eigenvalue weighted by Gasteiger charge is 2.24. The summed E-state index contributed by atoms with van der Waals surface area (Å²) in [6, 6.07) is 44.9. The second-order valence-electron chi connectivity index (χ2n) is 29.4. The normalized spacial score (nSPS) is 12.0. The number of aromatic amines is 1. The number of ether oxygens (including phenoxy) is 3. The SMILES string of the molecule is CCCCCCCCCCCCCCCc1cccc(Oc2ccc3c4[nH]c(c3c2)Nc2c3ccc(Oc5cccc(CCCCCCCCCCCCCCC)c5)cc3c(n2C)N=c2c3ccc(Oc5cccc(CCCCCCCCCCCCCCC)c5)cc3c(n2B(C)Cl)=N4)c1. The minimum absolute atomic E-state index is 0.532. The fourth-order valence-corrected chi connectivity index (χ4v) is 15.3. The van der Waals surface area contributed by atoms with Crippen LogP contribution >= 0.6 is 11.5 Å². The van der Waals surface area contributed by atoms with E-state index in [2.05, 4.69) is 175 Å². The van der Waals surface area contributed by atoms with Crippen LogP contribution in [-0.4, -0.2) is 20.3 Å². The molecule has 536 valence electrons. The molecule has 11 heteroatoms. The third-order valence-corrected chi connectivity index (χ3v) is 21.2. The van der Waals surface area contributed by atoms with Crippen LogP contribution in [0.4, 0.5) is 23.3 Å². The molecule has 1 aliphatic heterocycles. The fraction of sp³-hybridized carbons (Fsp3) is 0.528. The van der Waals surface area contributed by atoms with Gasteiger partial charge in [-0.1, -0.05) is 288 Å². The van der Waals surface area contributed by atoms with Crippen molar-refractivity contribution in [2.75, 3.05) is 5.32 Å². The maximum Gasteiger partial charge on any atom is 0.364 e. The number of H-pyrrole nitrogens is 1. The summed E-state index contributed by atoms with van der Waals surface area (Å²) in [5.41, 5.74) is 5.29. The van der Waals surface area contributed by atoms with Crippen molar-refractivity contribution in [3.63, 3.8) is 0 Å². The second kappa shape index (κ2) is 41.9. The number of benzene rings is 6. The third-order valence-electron chi connectivity index (χ3n) is 21.0. The Kier molecular flexibility index (Phi) is 31.7. The van der Waals surface area contributed by atoms with Gasteiger partial charge in [0.2, 0.25) is 0 Å². The van der Waals surface area contributed by atoms with Crippen molar-refractivity contribution in [1.29, 1.82) is 0 Å². The van der Waals surface area contributed by atoms with Crippen LogP contribution in [0.25, 0.3) is 32.3 Å². The molecule has 0 amide bonds. The molecule has 6 aromatic carbocycles.